The van der Waals surface area contributed by atoms with Crippen LogP contribution in [0.2, 0.25) is 0 Å². The van der Waals surface area contributed by atoms with Crippen molar-refractivity contribution in [2.75, 3.05) is 50.2 Å². The third kappa shape index (κ3) is 4.07. The third-order valence-electron chi connectivity index (χ3n) is 6.43. The van der Waals surface area contributed by atoms with E-state index in [1.54, 1.807) is 68.8 Å². The lowest BCUT2D eigenvalue weighted by Crippen LogP contribution is -2.48. The van der Waals surface area contributed by atoms with Gasteiger partial charge in [-0.05, 0) is 48.5 Å². The molecule has 2 aliphatic heterocycles. The van der Waals surface area contributed by atoms with Crippen LogP contribution < -0.4 is 19.3 Å². The Kier molecular flexibility index (Phi) is 5.86. The second-order valence-electron chi connectivity index (χ2n) is 8.39. The van der Waals surface area contributed by atoms with Crippen molar-refractivity contribution >= 4 is 29.1 Å². The topological polar surface area (TPSA) is 79.4 Å². The molecule has 1 fully saturated rings. The van der Waals surface area contributed by atoms with Crippen LogP contribution in [0.3, 0.4) is 0 Å². The molecule has 0 N–H and O–H groups in total. The first-order valence-electron chi connectivity index (χ1n) is 11.4. The Morgan fingerprint density at radius 1 is 0.714 bits per heavy atom. The second-order valence-corrected chi connectivity index (χ2v) is 8.39. The highest BCUT2D eigenvalue weighted by molar-refractivity contribution is 6.34. The molecule has 3 amide bonds. The number of carbonyl (C=O) groups is 3. The number of methoxy groups -OCH3 is 2. The third-order valence-corrected chi connectivity index (χ3v) is 6.43. The summed E-state index contributed by atoms with van der Waals surface area (Å²) in [6.07, 6.45) is 0. The first-order valence-corrected chi connectivity index (χ1v) is 11.4. The largest absolute Gasteiger partial charge is 0.497 e. The Bertz CT molecular complexity index is 1240. The number of imide groups is 1. The van der Waals surface area contributed by atoms with E-state index in [1.165, 1.54) is 4.90 Å². The molecule has 178 valence electrons. The monoisotopic (exact) mass is 471 g/mol. The van der Waals surface area contributed by atoms with Crippen LogP contribution in [0.5, 0.6) is 11.5 Å². The number of hydrogen-bond donors (Lipinski definition) is 0. The summed E-state index contributed by atoms with van der Waals surface area (Å²) < 4.78 is 10.6. The number of nitrogens with zero attached hydrogens (tertiary/aromatic N) is 3. The molecule has 0 atom stereocenters. The highest BCUT2D eigenvalue weighted by atomic mass is 16.5. The number of benzene rings is 3. The van der Waals surface area contributed by atoms with Crippen molar-refractivity contribution in [3.05, 3.63) is 83.4 Å². The van der Waals surface area contributed by atoms with E-state index in [0.717, 1.165) is 5.69 Å². The molecule has 0 bridgehead atoms. The van der Waals surface area contributed by atoms with Crippen LogP contribution in [0.25, 0.3) is 0 Å². The summed E-state index contributed by atoms with van der Waals surface area (Å²) >= 11 is 0. The molecule has 8 nitrogen and oxygen atoms in total. The summed E-state index contributed by atoms with van der Waals surface area (Å²) in [6, 6.07) is 19.4. The first-order chi connectivity index (χ1) is 17.0. The van der Waals surface area contributed by atoms with Gasteiger partial charge >= 0.3 is 0 Å². The van der Waals surface area contributed by atoms with Gasteiger partial charge in [-0.1, -0.05) is 12.1 Å². The smallest absolute Gasteiger partial charge is 0.266 e. The van der Waals surface area contributed by atoms with E-state index in [1.807, 2.05) is 17.0 Å². The summed E-state index contributed by atoms with van der Waals surface area (Å²) in [5.74, 6) is 0.469. The fraction of sp³-hybridized carbons (Fsp3) is 0.222. The molecule has 5 rings (SSSR count). The molecule has 8 heteroatoms. The summed E-state index contributed by atoms with van der Waals surface area (Å²) in [7, 11) is 3.11. The van der Waals surface area contributed by atoms with Crippen LogP contribution in [0, 0.1) is 0 Å². The van der Waals surface area contributed by atoms with Crippen molar-refractivity contribution in [2.45, 2.75) is 0 Å². The average Bonchev–Trinajstić information content (AvgIpc) is 3.17. The first kappa shape index (κ1) is 22.5. The predicted molar refractivity (Wildman–Crippen MR) is 132 cm³/mol. The van der Waals surface area contributed by atoms with E-state index in [9.17, 15) is 14.4 Å². The Morgan fingerprint density at radius 3 is 1.74 bits per heavy atom. The quantitative estimate of drug-likeness (QED) is 0.531. The second kappa shape index (κ2) is 9.13. The van der Waals surface area contributed by atoms with Gasteiger partial charge in [-0.25, -0.2) is 4.90 Å². The SMILES string of the molecule is COc1cc(OC)cc(C(=O)N2CCN(c3ccc(N4C(=O)c5ccccc5C4=O)cc3)CC2)c1. The molecule has 3 aromatic carbocycles. The number of rotatable bonds is 5. The number of anilines is 2. The lowest BCUT2D eigenvalue weighted by atomic mass is 10.1. The van der Waals surface area contributed by atoms with E-state index in [2.05, 4.69) is 4.90 Å². The van der Waals surface area contributed by atoms with Gasteiger partial charge in [0.25, 0.3) is 17.7 Å². The number of fused-ring (bicyclic) bond motifs is 1. The zero-order valence-electron chi connectivity index (χ0n) is 19.6. The Morgan fingerprint density at radius 2 is 1.23 bits per heavy atom. The maximum atomic E-state index is 13.1. The van der Waals surface area contributed by atoms with Gasteiger partial charge in [0, 0.05) is 43.5 Å². The van der Waals surface area contributed by atoms with Crippen LogP contribution in [0.15, 0.2) is 66.7 Å². The standard InChI is InChI=1S/C27H25N3O5/c1-34-21-15-18(16-22(17-21)35-2)25(31)29-13-11-28(12-14-29)19-7-9-20(10-8-19)30-26(32)23-5-3-4-6-24(23)27(30)33/h3-10,15-17H,11-14H2,1-2H3. The lowest BCUT2D eigenvalue weighted by molar-refractivity contribution is 0.0745. The molecule has 0 unspecified atom stereocenters. The number of hydrogen-bond acceptors (Lipinski definition) is 6. The Balaban J connectivity index is 1.25. The van der Waals surface area contributed by atoms with E-state index in [4.69, 9.17) is 9.47 Å². The van der Waals surface area contributed by atoms with Gasteiger partial charge in [-0.2, -0.15) is 0 Å². The fourth-order valence-electron chi connectivity index (χ4n) is 4.52. The van der Waals surface area contributed by atoms with Gasteiger partial charge < -0.3 is 19.3 Å². The minimum atomic E-state index is -0.306. The van der Waals surface area contributed by atoms with Crippen LogP contribution in [0.4, 0.5) is 11.4 Å². The summed E-state index contributed by atoms with van der Waals surface area (Å²) in [5.41, 5.74) is 2.90. The number of ether oxygens (including phenoxy) is 2. The molecule has 2 heterocycles. The molecule has 0 radical (unpaired) electrons. The van der Waals surface area contributed by atoms with Crippen molar-refractivity contribution in [1.82, 2.24) is 4.90 Å². The molecule has 35 heavy (non-hydrogen) atoms. The van der Waals surface area contributed by atoms with Crippen LogP contribution in [-0.2, 0) is 0 Å². The summed E-state index contributed by atoms with van der Waals surface area (Å²) in [6.45, 7) is 2.47. The van der Waals surface area contributed by atoms with Crippen molar-refractivity contribution in [3.8, 4) is 11.5 Å². The fourth-order valence-corrected chi connectivity index (χ4v) is 4.52. The molecule has 0 aliphatic carbocycles. The Labute approximate surface area is 203 Å². The van der Waals surface area contributed by atoms with Crippen molar-refractivity contribution < 1.29 is 23.9 Å². The molecule has 3 aromatic rings. The molecular formula is C27H25N3O5. The van der Waals surface area contributed by atoms with Crippen LogP contribution >= 0.6 is 0 Å². The minimum absolute atomic E-state index is 0.0668. The zero-order valence-corrected chi connectivity index (χ0v) is 19.6. The van der Waals surface area contributed by atoms with Gasteiger partial charge in [0.2, 0.25) is 0 Å². The predicted octanol–water partition coefficient (Wildman–Crippen LogP) is 3.47. The average molecular weight is 472 g/mol. The molecular weight excluding hydrogens is 446 g/mol. The molecule has 0 spiro atoms. The Hall–Kier alpha value is -4.33. The van der Waals surface area contributed by atoms with Crippen molar-refractivity contribution in [3.63, 3.8) is 0 Å². The normalized spacial score (nSPS) is 15.3. The van der Waals surface area contributed by atoms with Crippen molar-refractivity contribution in [2.24, 2.45) is 0 Å². The van der Waals surface area contributed by atoms with Crippen LogP contribution in [-0.4, -0.2) is 63.0 Å². The summed E-state index contributed by atoms with van der Waals surface area (Å²) in [5, 5.41) is 0. The number of amides is 3. The highest BCUT2D eigenvalue weighted by Crippen LogP contribution is 2.30. The molecule has 1 saturated heterocycles. The van der Waals surface area contributed by atoms with Gasteiger partial charge in [-0.15, -0.1) is 0 Å². The van der Waals surface area contributed by atoms with Gasteiger partial charge in [-0.3, -0.25) is 14.4 Å². The summed E-state index contributed by atoms with van der Waals surface area (Å²) in [4.78, 5) is 43.7. The number of piperazine rings is 1. The number of carbonyl (C=O) groups excluding carboxylic acids is 3. The maximum absolute atomic E-state index is 13.1. The highest BCUT2D eigenvalue weighted by Gasteiger charge is 2.36. The van der Waals surface area contributed by atoms with E-state index in [-0.39, 0.29) is 17.7 Å². The minimum Gasteiger partial charge on any atom is -0.497 e. The van der Waals surface area contributed by atoms with Crippen molar-refractivity contribution in [1.29, 1.82) is 0 Å². The maximum Gasteiger partial charge on any atom is 0.266 e. The van der Waals surface area contributed by atoms with Crippen LogP contribution in [0.1, 0.15) is 31.1 Å². The molecule has 2 aliphatic rings. The van der Waals surface area contributed by atoms with E-state index < -0.39 is 0 Å². The van der Waals surface area contributed by atoms with Gasteiger partial charge in [0.05, 0.1) is 31.0 Å². The van der Waals surface area contributed by atoms with Gasteiger partial charge in [0.1, 0.15) is 11.5 Å². The van der Waals surface area contributed by atoms with Gasteiger partial charge in [0.15, 0.2) is 0 Å². The van der Waals surface area contributed by atoms with E-state index >= 15 is 0 Å². The lowest BCUT2D eigenvalue weighted by Gasteiger charge is -2.36. The molecule has 0 aromatic heterocycles. The molecule has 0 saturated carbocycles. The van der Waals surface area contributed by atoms with E-state index in [0.29, 0.717) is 60.1 Å². The zero-order chi connectivity index (χ0) is 24.5.